The third kappa shape index (κ3) is 4.75. The summed E-state index contributed by atoms with van der Waals surface area (Å²) in [6.07, 6.45) is -1.20. The van der Waals surface area contributed by atoms with Gasteiger partial charge in [0.15, 0.2) is 0 Å². The Hall–Kier alpha value is -3.28. The van der Waals surface area contributed by atoms with Crippen LogP contribution in [-0.2, 0) is 36.5 Å². The number of rotatable bonds is 6. The molecule has 1 aliphatic carbocycles. The number of benzene rings is 2. The zero-order chi connectivity index (χ0) is 31.0. The minimum Gasteiger partial charge on any atom is -0.380 e. The number of carbonyl (C=O) groups is 1. The van der Waals surface area contributed by atoms with E-state index in [1.807, 2.05) is 35.9 Å². The maximum absolute atomic E-state index is 14.5. The highest BCUT2D eigenvalue weighted by atomic mass is 19.4. The molecular weight excluding hydrogens is 569 g/mol. The molecule has 0 N–H and O–H groups in total. The lowest BCUT2D eigenvalue weighted by molar-refractivity contribution is -0.182. The van der Waals surface area contributed by atoms with Crippen LogP contribution in [0.3, 0.4) is 0 Å². The van der Waals surface area contributed by atoms with Crippen molar-refractivity contribution in [2.45, 2.75) is 57.4 Å². The standard InChI is InChI=1S/C33H39F3N6O2/c1-21(2)28-15-39(3)8-9-41(28)13-22-10-25-26(27(11-22)33(34,35)36)14-42(29(25)43)24-7-5-6-23(12-24)32(30-38-37-20-40(30)4)16-31(17-32)18-44-19-31/h5-7,10-12,20-21,28H,8-9,13-19H2,1-4H3. The summed E-state index contributed by atoms with van der Waals surface area (Å²) in [6.45, 7) is 8.45. The molecule has 3 aromatic rings. The van der Waals surface area contributed by atoms with E-state index in [1.165, 1.54) is 11.0 Å². The average molecular weight is 609 g/mol. The van der Waals surface area contributed by atoms with Crippen LogP contribution in [-0.4, -0.2) is 76.4 Å². The molecule has 1 aromatic heterocycles. The number of hydrogen-bond donors (Lipinski definition) is 0. The summed E-state index contributed by atoms with van der Waals surface area (Å²) in [5.41, 5.74) is 1.29. The number of fused-ring (bicyclic) bond motifs is 1. The minimum absolute atomic E-state index is 0.0488. The van der Waals surface area contributed by atoms with E-state index in [4.69, 9.17) is 4.74 Å². The average Bonchev–Trinajstić information content (AvgIpc) is 3.51. The second-order valence-corrected chi connectivity index (χ2v) is 13.8. The van der Waals surface area contributed by atoms with Gasteiger partial charge in [0.1, 0.15) is 12.2 Å². The van der Waals surface area contributed by atoms with Crippen molar-refractivity contribution in [3.8, 4) is 0 Å². The number of carbonyl (C=O) groups excluding carboxylic acids is 1. The summed E-state index contributed by atoms with van der Waals surface area (Å²) in [7, 11) is 4.00. The molecule has 2 saturated heterocycles. The highest BCUT2D eigenvalue weighted by Crippen LogP contribution is 2.61. The number of aryl methyl sites for hydroxylation is 1. The van der Waals surface area contributed by atoms with E-state index in [2.05, 4.69) is 40.9 Å². The van der Waals surface area contributed by atoms with Gasteiger partial charge in [-0.3, -0.25) is 9.69 Å². The predicted octanol–water partition coefficient (Wildman–Crippen LogP) is 4.86. The van der Waals surface area contributed by atoms with Crippen LogP contribution >= 0.6 is 0 Å². The van der Waals surface area contributed by atoms with Crippen molar-refractivity contribution >= 4 is 11.6 Å². The van der Waals surface area contributed by atoms with Crippen LogP contribution in [0.1, 0.15) is 65.1 Å². The molecule has 3 fully saturated rings. The van der Waals surface area contributed by atoms with E-state index in [9.17, 15) is 18.0 Å². The fourth-order valence-corrected chi connectivity index (χ4v) is 8.08. The van der Waals surface area contributed by atoms with E-state index >= 15 is 0 Å². The third-order valence-corrected chi connectivity index (χ3v) is 10.3. The molecule has 1 atom stereocenters. The Bertz CT molecular complexity index is 1590. The number of ether oxygens (including phenoxy) is 1. The number of alkyl halides is 3. The number of aromatic nitrogens is 3. The normalized spacial score (nSPS) is 23.2. The molecule has 8 nitrogen and oxygen atoms in total. The van der Waals surface area contributed by atoms with Crippen molar-refractivity contribution in [2.24, 2.45) is 18.4 Å². The second kappa shape index (κ2) is 10.4. The smallest absolute Gasteiger partial charge is 0.380 e. The molecule has 1 amide bonds. The quantitative estimate of drug-likeness (QED) is 0.398. The number of halogens is 3. The number of likely N-dealkylation sites (N-methyl/N-ethyl adjacent to an activating group) is 1. The zero-order valence-electron chi connectivity index (χ0n) is 25.7. The molecule has 1 spiro atoms. The van der Waals surface area contributed by atoms with Crippen molar-refractivity contribution in [2.75, 3.05) is 44.8 Å². The van der Waals surface area contributed by atoms with Crippen LogP contribution in [0.25, 0.3) is 0 Å². The van der Waals surface area contributed by atoms with Gasteiger partial charge in [-0.15, -0.1) is 10.2 Å². The van der Waals surface area contributed by atoms with E-state index < -0.39 is 23.1 Å². The fraction of sp³-hybridized carbons (Fsp3) is 0.545. The number of hydrogen-bond acceptors (Lipinski definition) is 6. The lowest BCUT2D eigenvalue weighted by Gasteiger charge is -2.59. The molecule has 0 radical (unpaired) electrons. The van der Waals surface area contributed by atoms with Crippen molar-refractivity contribution in [3.05, 3.63) is 76.4 Å². The van der Waals surface area contributed by atoms with Gasteiger partial charge >= 0.3 is 6.18 Å². The highest BCUT2D eigenvalue weighted by Gasteiger charge is 2.61. The molecule has 0 bridgehead atoms. The number of anilines is 1. The van der Waals surface area contributed by atoms with Gasteiger partial charge in [0.05, 0.1) is 30.7 Å². The van der Waals surface area contributed by atoms with Crippen LogP contribution in [0.4, 0.5) is 18.9 Å². The van der Waals surface area contributed by atoms with Gasteiger partial charge in [0, 0.05) is 55.9 Å². The van der Waals surface area contributed by atoms with Crippen LogP contribution in [0.15, 0.2) is 42.7 Å². The van der Waals surface area contributed by atoms with Crippen LogP contribution in [0, 0.1) is 11.3 Å². The molecule has 3 aliphatic heterocycles. The monoisotopic (exact) mass is 608 g/mol. The van der Waals surface area contributed by atoms with Crippen molar-refractivity contribution in [1.29, 1.82) is 0 Å². The first-order valence-corrected chi connectivity index (χ1v) is 15.4. The summed E-state index contributed by atoms with van der Waals surface area (Å²) in [4.78, 5) is 19.9. The molecule has 11 heteroatoms. The summed E-state index contributed by atoms with van der Waals surface area (Å²) in [6, 6.07) is 10.9. The summed E-state index contributed by atoms with van der Waals surface area (Å²) >= 11 is 0. The molecular formula is C33H39F3N6O2. The van der Waals surface area contributed by atoms with Gasteiger partial charge in [-0.1, -0.05) is 26.0 Å². The first-order chi connectivity index (χ1) is 20.9. The SMILES string of the molecule is CC(C)C1CN(C)CCN1Cc1cc2c(c(C(F)(F)F)c1)CN(c1cccc(C3(c4nncn4C)CC4(COC4)C3)c1)C2=O. The summed E-state index contributed by atoms with van der Waals surface area (Å²) in [5, 5.41) is 8.59. The van der Waals surface area contributed by atoms with Gasteiger partial charge in [-0.05, 0) is 66.8 Å². The molecule has 234 valence electrons. The zero-order valence-corrected chi connectivity index (χ0v) is 25.7. The van der Waals surface area contributed by atoms with Crippen LogP contribution < -0.4 is 4.90 Å². The maximum atomic E-state index is 14.5. The van der Waals surface area contributed by atoms with Gasteiger partial charge in [-0.2, -0.15) is 13.2 Å². The first-order valence-electron chi connectivity index (χ1n) is 15.4. The third-order valence-electron chi connectivity index (χ3n) is 10.3. The van der Waals surface area contributed by atoms with E-state index in [-0.39, 0.29) is 29.1 Å². The highest BCUT2D eigenvalue weighted by molar-refractivity contribution is 6.10. The maximum Gasteiger partial charge on any atom is 0.416 e. The van der Waals surface area contributed by atoms with Crippen LogP contribution in [0.2, 0.25) is 0 Å². The Labute approximate surface area is 255 Å². The Morgan fingerprint density at radius 3 is 2.50 bits per heavy atom. The number of piperazine rings is 1. The molecule has 4 heterocycles. The van der Waals surface area contributed by atoms with Gasteiger partial charge in [-0.25, -0.2) is 0 Å². The van der Waals surface area contributed by atoms with Crippen LogP contribution in [0.5, 0.6) is 0 Å². The second-order valence-electron chi connectivity index (χ2n) is 13.8. The lowest BCUT2D eigenvalue weighted by atomic mass is 9.49. The van der Waals surface area contributed by atoms with Gasteiger partial charge < -0.3 is 19.1 Å². The lowest BCUT2D eigenvalue weighted by Crippen LogP contribution is -2.60. The fourth-order valence-electron chi connectivity index (χ4n) is 8.08. The van der Waals surface area contributed by atoms with Gasteiger partial charge in [0.2, 0.25) is 0 Å². The first kappa shape index (κ1) is 29.4. The Kier molecular flexibility index (Phi) is 6.95. The Morgan fingerprint density at radius 2 is 1.86 bits per heavy atom. The number of amides is 1. The van der Waals surface area contributed by atoms with E-state index in [0.29, 0.717) is 36.9 Å². The van der Waals surface area contributed by atoms with Gasteiger partial charge in [0.25, 0.3) is 5.91 Å². The molecule has 44 heavy (non-hydrogen) atoms. The topological polar surface area (TPSA) is 66.7 Å². The minimum atomic E-state index is -4.57. The predicted molar refractivity (Wildman–Crippen MR) is 159 cm³/mol. The Balaban J connectivity index is 1.22. The molecule has 1 saturated carbocycles. The van der Waals surface area contributed by atoms with Crippen molar-refractivity contribution in [1.82, 2.24) is 24.6 Å². The number of nitrogens with zero attached hydrogens (tertiary/aromatic N) is 6. The molecule has 1 unspecified atom stereocenters. The summed E-state index contributed by atoms with van der Waals surface area (Å²) in [5.74, 6) is 0.801. The van der Waals surface area contributed by atoms with E-state index in [1.54, 1.807) is 12.4 Å². The Morgan fingerprint density at radius 1 is 1.09 bits per heavy atom. The molecule has 4 aliphatic rings. The molecule has 2 aromatic carbocycles. The van der Waals surface area contributed by atoms with Crippen molar-refractivity contribution in [3.63, 3.8) is 0 Å². The van der Waals surface area contributed by atoms with Crippen molar-refractivity contribution < 1.29 is 22.7 Å². The summed E-state index contributed by atoms with van der Waals surface area (Å²) < 4.78 is 51.0. The largest absolute Gasteiger partial charge is 0.416 e. The van der Waals surface area contributed by atoms with E-state index in [0.717, 1.165) is 43.9 Å². The molecule has 7 rings (SSSR count).